The molecule has 2 aliphatic heterocycles. The molecule has 1 aromatic heterocycles. The lowest BCUT2D eigenvalue weighted by Gasteiger charge is -2.44. The summed E-state index contributed by atoms with van der Waals surface area (Å²) in [5.41, 5.74) is 33.6. The lowest BCUT2D eigenvalue weighted by atomic mass is 9.33. The van der Waals surface area contributed by atoms with Gasteiger partial charge in [-0.2, -0.15) is 0 Å². The maximum atomic E-state index is 2.62. The van der Waals surface area contributed by atoms with Crippen LogP contribution in [0.1, 0.15) is 105 Å². The minimum atomic E-state index is -0.187. The molecular formula is C94H84BN3. The van der Waals surface area contributed by atoms with Gasteiger partial charge in [-0.05, 0) is 164 Å². The molecule has 0 bridgehead atoms. The van der Waals surface area contributed by atoms with Crippen molar-refractivity contribution in [2.75, 3.05) is 9.80 Å². The van der Waals surface area contributed by atoms with Gasteiger partial charge in [-0.25, -0.2) is 0 Å². The summed E-state index contributed by atoms with van der Waals surface area (Å²) in [6.45, 7) is 27.3. The van der Waals surface area contributed by atoms with Crippen LogP contribution in [0.15, 0.2) is 291 Å². The summed E-state index contributed by atoms with van der Waals surface area (Å²) in [7, 11) is 0. The number of para-hydroxylation sites is 2. The van der Waals surface area contributed by atoms with Gasteiger partial charge in [-0.3, -0.25) is 0 Å². The minimum absolute atomic E-state index is 0.0191. The maximum absolute atomic E-state index is 2.62. The SMILES string of the molecule is CC(C)(C)c1ccc(-c2ccc(N3c4ccc(-c5ccc(C(C)(C)C)cc5)cc4B4c5cc(-c6ccc(C(C)(C)C)cc6)ccc5N(c5ccc(-c6ccc(C(C)(C)C)cc6)cc5)c5cc(-n6c7c(-c8ccccc8)cccc7c7cccc(-c8ccccc8)c76)cc3c54)cc2)cc1. The van der Waals surface area contributed by atoms with E-state index in [-0.39, 0.29) is 28.4 Å². The van der Waals surface area contributed by atoms with Gasteiger partial charge in [0.25, 0.3) is 6.71 Å². The van der Waals surface area contributed by atoms with E-state index in [1.807, 2.05) is 0 Å². The topological polar surface area (TPSA) is 11.4 Å². The van der Waals surface area contributed by atoms with E-state index in [1.165, 1.54) is 127 Å². The molecule has 0 radical (unpaired) electrons. The van der Waals surface area contributed by atoms with E-state index in [2.05, 4.69) is 389 Å². The molecule has 0 atom stereocenters. The molecule has 16 rings (SSSR count). The van der Waals surface area contributed by atoms with E-state index in [0.717, 1.165) is 39.8 Å². The van der Waals surface area contributed by atoms with Crippen LogP contribution in [0.2, 0.25) is 0 Å². The maximum Gasteiger partial charge on any atom is 0.252 e. The van der Waals surface area contributed by atoms with Crippen LogP contribution >= 0.6 is 0 Å². The molecule has 2 aliphatic rings. The summed E-state index contributed by atoms with van der Waals surface area (Å²) in [6, 6.07) is 111. The highest BCUT2D eigenvalue weighted by Gasteiger charge is 2.45. The molecule has 3 nitrogen and oxygen atoms in total. The van der Waals surface area contributed by atoms with Crippen LogP contribution in [-0.2, 0) is 21.7 Å². The molecule has 3 heterocycles. The summed E-state index contributed by atoms with van der Waals surface area (Å²) in [4.78, 5) is 5.19. The van der Waals surface area contributed by atoms with E-state index < -0.39 is 0 Å². The fourth-order valence-electron chi connectivity index (χ4n) is 15.4. The van der Waals surface area contributed by atoms with Gasteiger partial charge in [0.15, 0.2) is 0 Å². The van der Waals surface area contributed by atoms with Gasteiger partial charge in [0.2, 0.25) is 0 Å². The monoisotopic (exact) mass is 1270 g/mol. The number of hydrogen-bond donors (Lipinski definition) is 0. The van der Waals surface area contributed by atoms with Crippen molar-refractivity contribution in [3.8, 4) is 72.4 Å². The first-order valence-electron chi connectivity index (χ1n) is 35.0. The second-order valence-corrected chi connectivity index (χ2v) is 31.4. The van der Waals surface area contributed by atoms with E-state index in [4.69, 9.17) is 0 Å². The molecule has 0 saturated carbocycles. The Balaban J connectivity index is 1.02. The fraction of sp³-hybridized carbons (Fsp3) is 0.170. The van der Waals surface area contributed by atoms with Crippen LogP contribution in [0.25, 0.3) is 94.3 Å². The van der Waals surface area contributed by atoms with Gasteiger partial charge in [0.05, 0.1) is 16.7 Å². The summed E-state index contributed by atoms with van der Waals surface area (Å²) >= 11 is 0. The highest BCUT2D eigenvalue weighted by molar-refractivity contribution is 7.00. The van der Waals surface area contributed by atoms with Gasteiger partial charge < -0.3 is 14.4 Å². The first-order valence-corrected chi connectivity index (χ1v) is 35.0. The predicted octanol–water partition coefficient (Wildman–Crippen LogP) is 24.1. The van der Waals surface area contributed by atoms with Gasteiger partial charge in [-0.15, -0.1) is 0 Å². The van der Waals surface area contributed by atoms with Crippen LogP contribution in [0, 0.1) is 0 Å². The summed E-state index contributed by atoms with van der Waals surface area (Å²) in [5, 5.41) is 2.41. The van der Waals surface area contributed by atoms with Crippen molar-refractivity contribution >= 4 is 79.0 Å². The van der Waals surface area contributed by atoms with Crippen LogP contribution in [0.5, 0.6) is 0 Å². The van der Waals surface area contributed by atoms with Gasteiger partial charge >= 0.3 is 0 Å². The van der Waals surface area contributed by atoms with E-state index >= 15 is 0 Å². The van der Waals surface area contributed by atoms with Crippen molar-refractivity contribution in [1.82, 2.24) is 4.57 Å². The first kappa shape index (κ1) is 62.2. The molecule has 478 valence electrons. The third kappa shape index (κ3) is 11.0. The Morgan fingerprint density at radius 1 is 0.235 bits per heavy atom. The quantitative estimate of drug-likeness (QED) is 0.133. The Kier molecular flexibility index (Phi) is 14.9. The number of nitrogens with zero attached hydrogens (tertiary/aromatic N) is 3. The highest BCUT2D eigenvalue weighted by atomic mass is 15.2. The van der Waals surface area contributed by atoms with Crippen LogP contribution < -0.4 is 26.2 Å². The molecule has 98 heavy (non-hydrogen) atoms. The summed E-state index contributed by atoms with van der Waals surface area (Å²) < 4.78 is 2.62. The van der Waals surface area contributed by atoms with E-state index in [9.17, 15) is 0 Å². The molecule has 0 unspecified atom stereocenters. The lowest BCUT2D eigenvalue weighted by molar-refractivity contribution is 0.590. The smallest absolute Gasteiger partial charge is 0.252 e. The Morgan fingerprint density at radius 2 is 0.531 bits per heavy atom. The molecule has 0 amide bonds. The predicted molar refractivity (Wildman–Crippen MR) is 422 cm³/mol. The molecule has 0 spiro atoms. The average Bonchev–Trinajstić information content (AvgIpc) is 0.976. The molecule has 13 aromatic carbocycles. The number of anilines is 6. The minimum Gasteiger partial charge on any atom is -0.311 e. The number of aromatic nitrogens is 1. The Hall–Kier alpha value is -10.7. The fourth-order valence-corrected chi connectivity index (χ4v) is 15.4. The van der Waals surface area contributed by atoms with Crippen molar-refractivity contribution in [2.45, 2.75) is 105 Å². The Bertz CT molecular complexity index is 5010. The average molecular weight is 1270 g/mol. The zero-order valence-electron chi connectivity index (χ0n) is 58.6. The zero-order chi connectivity index (χ0) is 67.6. The van der Waals surface area contributed by atoms with Crippen molar-refractivity contribution in [1.29, 1.82) is 0 Å². The standard InChI is InChI=1S/C94H84BN3/c1-91(2,3)71-43-29-61(30-44-71)63-37-51-75(52-38-63)96-84-55-41-69(65-33-47-73(48-34-65)93(7,8)9)57-82(84)95-83-58-70(66-35-49-74(50-36-66)94(10,11)12)42-56-85(83)97(76-53-39-64(40-54-76)62-31-45-72(46-32-62)92(4,5)6)87-60-77(59-86(96)88(87)95)98-89-78(67-21-15-13-16-22-67)25-19-27-80(89)81-28-20-26-79(90(81)98)68-23-17-14-18-24-68/h13-60H,1-12H3. The van der Waals surface area contributed by atoms with Crippen LogP contribution in [0.4, 0.5) is 34.1 Å². The van der Waals surface area contributed by atoms with Gasteiger partial charge in [-0.1, -0.05) is 326 Å². The zero-order valence-corrected chi connectivity index (χ0v) is 58.6. The van der Waals surface area contributed by atoms with Crippen molar-refractivity contribution in [2.24, 2.45) is 0 Å². The summed E-state index contributed by atoms with van der Waals surface area (Å²) in [6.07, 6.45) is 0. The Morgan fingerprint density at radius 3 is 0.847 bits per heavy atom. The van der Waals surface area contributed by atoms with Crippen LogP contribution in [-0.4, -0.2) is 11.3 Å². The third-order valence-electron chi connectivity index (χ3n) is 20.9. The van der Waals surface area contributed by atoms with E-state index in [0.29, 0.717) is 0 Å². The molecule has 0 saturated heterocycles. The van der Waals surface area contributed by atoms with Crippen molar-refractivity contribution in [3.63, 3.8) is 0 Å². The van der Waals surface area contributed by atoms with Crippen molar-refractivity contribution in [3.05, 3.63) is 313 Å². The number of benzene rings is 13. The molecule has 0 aliphatic carbocycles. The molecule has 0 N–H and O–H groups in total. The second kappa shape index (κ2) is 23.6. The molecule has 14 aromatic rings. The second-order valence-electron chi connectivity index (χ2n) is 31.4. The normalized spacial score (nSPS) is 13.0. The number of fused-ring (bicyclic) bond motifs is 7. The summed E-state index contributed by atoms with van der Waals surface area (Å²) in [5.74, 6) is 0. The van der Waals surface area contributed by atoms with Gasteiger partial charge in [0.1, 0.15) is 0 Å². The lowest BCUT2D eigenvalue weighted by Crippen LogP contribution is -2.61. The number of hydrogen-bond acceptors (Lipinski definition) is 2. The largest absolute Gasteiger partial charge is 0.311 e. The molecule has 0 fully saturated rings. The highest BCUT2D eigenvalue weighted by Crippen LogP contribution is 2.50. The number of rotatable bonds is 9. The Labute approximate surface area is 580 Å². The van der Waals surface area contributed by atoms with Gasteiger partial charge in [0, 0.05) is 56.0 Å². The first-order chi connectivity index (χ1) is 47.1. The van der Waals surface area contributed by atoms with Crippen molar-refractivity contribution < 1.29 is 0 Å². The molecular weight excluding hydrogens is 1180 g/mol. The van der Waals surface area contributed by atoms with E-state index in [1.54, 1.807) is 0 Å². The third-order valence-corrected chi connectivity index (χ3v) is 20.9. The molecule has 4 heteroatoms. The van der Waals surface area contributed by atoms with Crippen LogP contribution in [0.3, 0.4) is 0 Å².